The van der Waals surface area contributed by atoms with E-state index < -0.39 is 24.2 Å². The van der Waals surface area contributed by atoms with Gasteiger partial charge in [0.25, 0.3) is 0 Å². The minimum atomic E-state index is -1.07. The molecule has 2 aromatic heterocycles. The highest BCUT2D eigenvalue weighted by Gasteiger charge is 2.41. The number of halogens is 1. The molecule has 0 amide bonds. The van der Waals surface area contributed by atoms with Gasteiger partial charge in [-0.05, 0) is 19.3 Å². The maximum atomic E-state index is 10.2. The van der Waals surface area contributed by atoms with Crippen LogP contribution in [0.5, 0.6) is 0 Å². The molecule has 0 aliphatic heterocycles. The van der Waals surface area contributed by atoms with Crippen LogP contribution in [0.25, 0.3) is 0 Å². The summed E-state index contributed by atoms with van der Waals surface area (Å²) in [6.07, 6.45) is -1.73. The Morgan fingerprint density at radius 2 is 2.08 bits per heavy atom. The molecule has 1 saturated carbocycles. The van der Waals surface area contributed by atoms with E-state index in [-0.39, 0.29) is 23.5 Å². The van der Waals surface area contributed by atoms with Gasteiger partial charge in [0.2, 0.25) is 5.95 Å². The second-order valence-corrected chi connectivity index (χ2v) is 7.27. The molecule has 2 heterocycles. The van der Waals surface area contributed by atoms with E-state index in [1.807, 2.05) is 12.3 Å². The number of nitrogens with two attached hydrogens (primary N) is 1. The average Bonchev–Trinajstić information content (AvgIpc) is 3.12. The van der Waals surface area contributed by atoms with Crippen LogP contribution < -0.4 is 11.1 Å². The minimum absolute atomic E-state index is 0.0418. The molecular formula is C16H18ClN5O3S. The van der Waals surface area contributed by atoms with E-state index in [1.54, 1.807) is 0 Å². The highest BCUT2D eigenvalue weighted by atomic mass is 35.5. The summed E-state index contributed by atoms with van der Waals surface area (Å²) in [7, 11) is 0. The number of aryl methyl sites for hydroxylation is 1. The fourth-order valence-corrected chi connectivity index (χ4v) is 3.68. The summed E-state index contributed by atoms with van der Waals surface area (Å²) in [5.74, 6) is 5.59. The monoisotopic (exact) mass is 395 g/mol. The van der Waals surface area contributed by atoms with E-state index in [1.165, 1.54) is 11.3 Å². The first-order chi connectivity index (χ1) is 12.4. The van der Waals surface area contributed by atoms with Gasteiger partial charge in [-0.3, -0.25) is 0 Å². The first-order valence-corrected chi connectivity index (χ1v) is 9.15. The molecule has 0 bridgehead atoms. The lowest BCUT2D eigenvalue weighted by Gasteiger charge is -2.19. The normalized spacial score (nSPS) is 25.0. The lowest BCUT2D eigenvalue weighted by Crippen LogP contribution is -2.35. The standard InChI is InChI=1S/C16H18ClN5O3S/c1-7-6-26-11(19-7)3-2-9-14(17)21-16(18)22-15(9)20-10-4-8(5-23)12(24)13(10)25/h6,8,10,12-13,23-25H,4-5H2,1H3,(H3,18,20,21,22). The molecule has 8 nitrogen and oxygen atoms in total. The number of aliphatic hydroxyl groups is 3. The fourth-order valence-electron chi connectivity index (χ4n) is 2.82. The Labute approximate surface area is 159 Å². The lowest BCUT2D eigenvalue weighted by atomic mass is 10.1. The zero-order chi connectivity index (χ0) is 18.8. The zero-order valence-corrected chi connectivity index (χ0v) is 15.4. The van der Waals surface area contributed by atoms with Crippen molar-refractivity contribution in [1.29, 1.82) is 0 Å². The van der Waals surface area contributed by atoms with E-state index in [0.717, 1.165) is 5.69 Å². The molecular weight excluding hydrogens is 378 g/mol. The summed E-state index contributed by atoms with van der Waals surface area (Å²) in [6.45, 7) is 1.65. The van der Waals surface area contributed by atoms with Gasteiger partial charge in [-0.2, -0.15) is 9.97 Å². The molecule has 0 spiro atoms. The second-order valence-electron chi connectivity index (χ2n) is 6.05. The highest BCUT2D eigenvalue weighted by Crippen LogP contribution is 2.30. The van der Waals surface area contributed by atoms with Gasteiger partial charge in [0.1, 0.15) is 17.5 Å². The number of thiazole rings is 1. The van der Waals surface area contributed by atoms with Gasteiger partial charge in [0.15, 0.2) is 10.2 Å². The second kappa shape index (κ2) is 7.73. The third-order valence-electron chi connectivity index (χ3n) is 4.15. The number of nitrogens with zero attached hydrogens (tertiary/aromatic N) is 3. The summed E-state index contributed by atoms with van der Waals surface area (Å²) in [5.41, 5.74) is 6.86. The number of aliphatic hydroxyl groups excluding tert-OH is 3. The van der Waals surface area contributed by atoms with Crippen molar-refractivity contribution >= 4 is 34.7 Å². The minimum Gasteiger partial charge on any atom is -0.396 e. The molecule has 0 saturated heterocycles. The van der Waals surface area contributed by atoms with Crippen molar-refractivity contribution in [3.63, 3.8) is 0 Å². The van der Waals surface area contributed by atoms with Gasteiger partial charge < -0.3 is 26.4 Å². The Kier molecular flexibility index (Phi) is 5.60. The van der Waals surface area contributed by atoms with E-state index in [9.17, 15) is 15.3 Å². The molecule has 4 unspecified atom stereocenters. The van der Waals surface area contributed by atoms with Crippen LogP contribution in [0.2, 0.25) is 5.15 Å². The van der Waals surface area contributed by atoms with Crippen molar-refractivity contribution in [2.75, 3.05) is 17.7 Å². The summed E-state index contributed by atoms with van der Waals surface area (Å²) in [6, 6.07) is -0.532. The number of rotatable bonds is 3. The largest absolute Gasteiger partial charge is 0.396 e. The van der Waals surface area contributed by atoms with Crippen LogP contribution >= 0.6 is 22.9 Å². The van der Waals surface area contributed by atoms with Gasteiger partial charge in [0, 0.05) is 23.6 Å². The van der Waals surface area contributed by atoms with Crippen LogP contribution in [-0.4, -0.2) is 55.1 Å². The van der Waals surface area contributed by atoms with Gasteiger partial charge in [0.05, 0.1) is 12.1 Å². The topological polar surface area (TPSA) is 137 Å². The predicted molar refractivity (Wildman–Crippen MR) is 98.9 cm³/mol. The van der Waals surface area contributed by atoms with Crippen LogP contribution in [0.3, 0.4) is 0 Å². The smallest absolute Gasteiger partial charge is 0.223 e. The van der Waals surface area contributed by atoms with Crippen molar-refractivity contribution in [3.05, 3.63) is 26.8 Å². The molecule has 0 radical (unpaired) electrons. The van der Waals surface area contributed by atoms with Gasteiger partial charge in [-0.1, -0.05) is 17.5 Å². The van der Waals surface area contributed by atoms with E-state index in [2.05, 4.69) is 32.1 Å². The molecule has 0 aromatic carbocycles. The number of hydrogen-bond donors (Lipinski definition) is 5. The van der Waals surface area contributed by atoms with Gasteiger partial charge >= 0.3 is 0 Å². The van der Waals surface area contributed by atoms with Crippen molar-refractivity contribution in [2.24, 2.45) is 5.92 Å². The van der Waals surface area contributed by atoms with Crippen molar-refractivity contribution in [1.82, 2.24) is 15.0 Å². The van der Waals surface area contributed by atoms with Crippen LogP contribution in [0.15, 0.2) is 5.38 Å². The first-order valence-electron chi connectivity index (χ1n) is 7.89. The summed E-state index contributed by atoms with van der Waals surface area (Å²) in [4.78, 5) is 12.3. The molecule has 2 aromatic rings. The van der Waals surface area contributed by atoms with E-state index >= 15 is 0 Å². The molecule has 138 valence electrons. The van der Waals surface area contributed by atoms with Crippen LogP contribution in [0.4, 0.5) is 11.8 Å². The highest BCUT2D eigenvalue weighted by molar-refractivity contribution is 7.10. The first kappa shape index (κ1) is 18.8. The van der Waals surface area contributed by atoms with E-state index in [0.29, 0.717) is 17.0 Å². The number of nitrogen functional groups attached to an aromatic ring is 1. The molecule has 26 heavy (non-hydrogen) atoms. The quantitative estimate of drug-likeness (QED) is 0.372. The van der Waals surface area contributed by atoms with Crippen LogP contribution in [0.1, 0.15) is 22.7 Å². The Hall–Kier alpha value is -1.96. The lowest BCUT2D eigenvalue weighted by molar-refractivity contribution is 0.00445. The SMILES string of the molecule is Cc1csc(C#Cc2c(Cl)nc(N)nc2NC2CC(CO)C(O)C2O)n1. The summed E-state index contributed by atoms with van der Waals surface area (Å²) >= 11 is 7.58. The van der Waals surface area contributed by atoms with Crippen LogP contribution in [-0.2, 0) is 0 Å². The van der Waals surface area contributed by atoms with E-state index in [4.69, 9.17) is 17.3 Å². The molecule has 1 aliphatic carbocycles. The Bertz CT molecular complexity index is 865. The van der Waals surface area contributed by atoms with Crippen LogP contribution in [0, 0.1) is 24.7 Å². The molecule has 6 N–H and O–H groups in total. The number of nitrogens with one attached hydrogen (secondary N) is 1. The fraction of sp³-hybridized carbons (Fsp3) is 0.438. The summed E-state index contributed by atoms with van der Waals surface area (Å²) < 4.78 is 0. The van der Waals surface area contributed by atoms with Crippen molar-refractivity contribution in [2.45, 2.75) is 31.6 Å². The van der Waals surface area contributed by atoms with Gasteiger partial charge in [-0.15, -0.1) is 11.3 Å². The third-order valence-corrected chi connectivity index (χ3v) is 5.30. The molecule has 4 atom stereocenters. The number of aromatic nitrogens is 3. The van der Waals surface area contributed by atoms with Crippen molar-refractivity contribution in [3.8, 4) is 11.8 Å². The third kappa shape index (κ3) is 3.90. The maximum absolute atomic E-state index is 10.2. The maximum Gasteiger partial charge on any atom is 0.223 e. The van der Waals surface area contributed by atoms with Gasteiger partial charge in [-0.25, -0.2) is 4.98 Å². The Morgan fingerprint density at radius 1 is 1.31 bits per heavy atom. The number of hydrogen-bond acceptors (Lipinski definition) is 9. The summed E-state index contributed by atoms with van der Waals surface area (Å²) in [5, 5.41) is 35.1. The molecule has 1 fully saturated rings. The zero-order valence-electron chi connectivity index (χ0n) is 13.8. The molecule has 3 rings (SSSR count). The molecule has 1 aliphatic rings. The predicted octanol–water partition coefficient (Wildman–Crippen LogP) is 0.391. The Balaban J connectivity index is 1.91. The Morgan fingerprint density at radius 3 is 2.69 bits per heavy atom. The average molecular weight is 396 g/mol. The molecule has 10 heteroatoms. The van der Waals surface area contributed by atoms with Crippen molar-refractivity contribution < 1.29 is 15.3 Å². The number of anilines is 2.